The predicted octanol–water partition coefficient (Wildman–Crippen LogP) is -1.18. The summed E-state index contributed by atoms with van der Waals surface area (Å²) in [6.45, 7) is 4.69. The molecule has 0 spiro atoms. The molecule has 2 heterocycles. The Bertz CT molecular complexity index is 432. The number of piperidine rings is 1. The minimum Gasteiger partial charge on any atom is -0.346 e. The second-order valence-electron chi connectivity index (χ2n) is 5.88. The Kier molecular flexibility index (Phi) is 4.74. The fourth-order valence-corrected chi connectivity index (χ4v) is 5.32. The molecule has 1 amide bonds. The topological polar surface area (TPSA) is 67.7 Å². The van der Waals surface area contributed by atoms with Crippen molar-refractivity contribution in [2.75, 3.05) is 31.1 Å². The lowest BCUT2D eigenvalue weighted by Crippen LogP contribution is -3.14. The molecule has 2 fully saturated rings. The van der Waals surface area contributed by atoms with Gasteiger partial charge in [-0.25, -0.2) is 8.42 Å². The molecule has 2 N–H and O–H groups in total. The number of carbonyl (C=O) groups is 1. The molecule has 0 unspecified atom stereocenters. The lowest BCUT2D eigenvalue weighted by Gasteiger charge is -2.27. The highest BCUT2D eigenvalue weighted by molar-refractivity contribution is 7.91. The first-order chi connectivity index (χ1) is 8.85. The molecule has 7 heteroatoms. The van der Waals surface area contributed by atoms with E-state index in [0.717, 1.165) is 31.8 Å². The molecule has 5 nitrogen and oxygen atoms in total. The number of hydrogen-bond donors (Lipinski definition) is 2. The average Bonchev–Trinajstić information content (AvgIpc) is 2.55. The molecule has 0 radical (unpaired) electrons. The van der Waals surface area contributed by atoms with Crippen LogP contribution in [0.2, 0.25) is 0 Å². The van der Waals surface area contributed by atoms with Crippen molar-refractivity contribution in [3.8, 4) is 0 Å². The van der Waals surface area contributed by atoms with Gasteiger partial charge in [-0.1, -0.05) is 6.92 Å². The molecule has 2 aliphatic rings. The number of likely N-dealkylation sites (tertiary alicyclic amines) is 1. The zero-order valence-electron chi connectivity index (χ0n) is 11.2. The van der Waals surface area contributed by atoms with Crippen LogP contribution in [0.5, 0.6) is 0 Å². The highest BCUT2D eigenvalue weighted by Crippen LogP contribution is 2.17. The van der Waals surface area contributed by atoms with Gasteiger partial charge in [-0.3, -0.25) is 4.79 Å². The summed E-state index contributed by atoms with van der Waals surface area (Å²) in [7, 11) is -3.08. The van der Waals surface area contributed by atoms with Crippen LogP contribution in [0.4, 0.5) is 0 Å². The Morgan fingerprint density at radius 3 is 2.47 bits per heavy atom. The van der Waals surface area contributed by atoms with E-state index in [2.05, 4.69) is 12.2 Å². The van der Waals surface area contributed by atoms with E-state index < -0.39 is 21.3 Å². The summed E-state index contributed by atoms with van der Waals surface area (Å²) < 4.78 is 22.8. The summed E-state index contributed by atoms with van der Waals surface area (Å²) in [6, 6.07) is -0.428. The fraction of sp³-hybridized carbons (Fsp3) is 0.917. The molecule has 2 rings (SSSR count). The molecule has 0 aromatic rings. The van der Waals surface area contributed by atoms with E-state index in [0.29, 0.717) is 6.54 Å². The van der Waals surface area contributed by atoms with E-state index >= 15 is 0 Å². The Hall–Kier alpha value is -0.330. The number of hydrogen-bond acceptors (Lipinski definition) is 3. The third kappa shape index (κ3) is 4.33. The van der Waals surface area contributed by atoms with E-state index in [-0.39, 0.29) is 17.4 Å². The maximum atomic E-state index is 11.9. The number of quaternary nitrogens is 1. The van der Waals surface area contributed by atoms with Gasteiger partial charge in [-0.15, -0.1) is 11.6 Å². The summed E-state index contributed by atoms with van der Waals surface area (Å²) in [6.07, 6.45) is 2.30. The maximum absolute atomic E-state index is 11.9. The fourth-order valence-electron chi connectivity index (χ4n) is 2.77. The second kappa shape index (κ2) is 5.97. The Labute approximate surface area is 119 Å². The van der Waals surface area contributed by atoms with Crippen LogP contribution >= 0.6 is 11.6 Å². The molecule has 19 heavy (non-hydrogen) atoms. The van der Waals surface area contributed by atoms with Gasteiger partial charge in [0.15, 0.2) is 16.4 Å². The number of nitrogens with one attached hydrogen (secondary N) is 2. The average molecular weight is 310 g/mol. The van der Waals surface area contributed by atoms with Gasteiger partial charge in [0.25, 0.3) is 5.91 Å². The van der Waals surface area contributed by atoms with Gasteiger partial charge in [-0.2, -0.15) is 0 Å². The van der Waals surface area contributed by atoms with Crippen molar-refractivity contribution in [3.63, 3.8) is 0 Å². The largest absolute Gasteiger partial charge is 0.346 e. The minimum atomic E-state index is -3.08. The van der Waals surface area contributed by atoms with Crippen molar-refractivity contribution in [2.45, 2.75) is 31.2 Å². The lowest BCUT2D eigenvalue weighted by molar-refractivity contribution is -0.898. The third-order valence-corrected chi connectivity index (χ3v) is 6.40. The molecule has 0 aromatic heterocycles. The van der Waals surface area contributed by atoms with E-state index in [4.69, 9.17) is 11.6 Å². The molecule has 2 saturated heterocycles. The van der Waals surface area contributed by atoms with Crippen molar-refractivity contribution in [2.24, 2.45) is 5.92 Å². The molecule has 0 aromatic carbocycles. The summed E-state index contributed by atoms with van der Waals surface area (Å²) in [5.74, 6) is 0.601. The van der Waals surface area contributed by atoms with Gasteiger partial charge in [0.2, 0.25) is 0 Å². The standard InChI is InChI=1S/C12H21ClN2O3S/c1-9-2-4-15(5-3-9)6-12(16)14-11-8-19(17,18)7-10(11)13/h9-11H,2-8H2,1H3,(H,14,16)/p+1/t10-,11-/m0/s1. The Morgan fingerprint density at radius 2 is 1.95 bits per heavy atom. The number of alkyl halides is 1. The van der Waals surface area contributed by atoms with Crippen LogP contribution in [-0.4, -0.2) is 56.9 Å². The van der Waals surface area contributed by atoms with Gasteiger partial charge in [-0.05, 0) is 18.8 Å². The lowest BCUT2D eigenvalue weighted by atomic mass is 9.99. The SMILES string of the molecule is CC1CC[NH+](CC(=O)N[C@H]2CS(=O)(=O)C[C@@H]2Cl)CC1. The van der Waals surface area contributed by atoms with Crippen LogP contribution < -0.4 is 10.2 Å². The summed E-state index contributed by atoms with van der Waals surface area (Å²) >= 11 is 5.97. The van der Waals surface area contributed by atoms with Crippen LogP contribution in [0.3, 0.4) is 0 Å². The van der Waals surface area contributed by atoms with Crippen LogP contribution in [-0.2, 0) is 14.6 Å². The van der Waals surface area contributed by atoms with Crippen LogP contribution in [0.1, 0.15) is 19.8 Å². The molecule has 0 bridgehead atoms. The van der Waals surface area contributed by atoms with Crippen molar-refractivity contribution < 1.29 is 18.1 Å². The molecule has 2 aliphatic heterocycles. The number of halogens is 1. The van der Waals surface area contributed by atoms with Gasteiger partial charge >= 0.3 is 0 Å². The van der Waals surface area contributed by atoms with Crippen LogP contribution in [0.15, 0.2) is 0 Å². The highest BCUT2D eigenvalue weighted by Gasteiger charge is 2.37. The molecular formula is C12H22ClN2O3S+. The van der Waals surface area contributed by atoms with Crippen LogP contribution in [0.25, 0.3) is 0 Å². The zero-order chi connectivity index (χ0) is 14.0. The van der Waals surface area contributed by atoms with Gasteiger partial charge in [0, 0.05) is 0 Å². The quantitative estimate of drug-likeness (QED) is 0.645. The number of sulfone groups is 1. The van der Waals surface area contributed by atoms with Gasteiger partial charge in [0.1, 0.15) is 0 Å². The van der Waals surface area contributed by atoms with Crippen molar-refractivity contribution >= 4 is 27.3 Å². The van der Waals surface area contributed by atoms with Gasteiger partial charge < -0.3 is 10.2 Å². The first-order valence-electron chi connectivity index (χ1n) is 6.83. The second-order valence-corrected chi connectivity index (χ2v) is 8.59. The predicted molar refractivity (Wildman–Crippen MR) is 74.2 cm³/mol. The van der Waals surface area contributed by atoms with E-state index in [1.807, 2.05) is 0 Å². The van der Waals surface area contributed by atoms with E-state index in [1.165, 1.54) is 4.90 Å². The van der Waals surface area contributed by atoms with Crippen molar-refractivity contribution in [1.82, 2.24) is 5.32 Å². The van der Waals surface area contributed by atoms with E-state index in [9.17, 15) is 13.2 Å². The highest BCUT2D eigenvalue weighted by atomic mass is 35.5. The van der Waals surface area contributed by atoms with E-state index in [1.54, 1.807) is 0 Å². The van der Waals surface area contributed by atoms with Crippen molar-refractivity contribution in [3.05, 3.63) is 0 Å². The summed E-state index contributed by atoms with van der Waals surface area (Å²) in [5, 5.41) is 2.28. The normalized spacial score (nSPS) is 38.0. The molecule has 110 valence electrons. The number of carbonyl (C=O) groups excluding carboxylic acids is 1. The van der Waals surface area contributed by atoms with Crippen molar-refractivity contribution in [1.29, 1.82) is 0 Å². The number of rotatable bonds is 3. The molecule has 2 atom stereocenters. The molecule has 0 aliphatic carbocycles. The Morgan fingerprint density at radius 1 is 1.32 bits per heavy atom. The molecule has 0 saturated carbocycles. The smallest absolute Gasteiger partial charge is 0.275 e. The first-order valence-corrected chi connectivity index (χ1v) is 9.09. The third-order valence-electron chi connectivity index (χ3n) is 4.02. The van der Waals surface area contributed by atoms with Gasteiger partial charge in [0.05, 0.1) is 36.0 Å². The summed E-state index contributed by atoms with van der Waals surface area (Å²) in [5.41, 5.74) is 0. The monoisotopic (exact) mass is 309 g/mol. The maximum Gasteiger partial charge on any atom is 0.275 e. The van der Waals surface area contributed by atoms with Crippen LogP contribution in [0, 0.1) is 5.92 Å². The zero-order valence-corrected chi connectivity index (χ0v) is 12.8. The minimum absolute atomic E-state index is 0.0285. The summed E-state index contributed by atoms with van der Waals surface area (Å²) in [4.78, 5) is 13.2. The first kappa shape index (κ1) is 15.1. The Balaban J connectivity index is 1.79. The molecular weight excluding hydrogens is 288 g/mol. The number of amides is 1.